The summed E-state index contributed by atoms with van der Waals surface area (Å²) in [7, 11) is 0. The summed E-state index contributed by atoms with van der Waals surface area (Å²) >= 11 is 6.37. The van der Waals surface area contributed by atoms with E-state index in [1.807, 2.05) is 4.68 Å². The Kier molecular flexibility index (Phi) is 3.30. The van der Waals surface area contributed by atoms with Gasteiger partial charge in [-0.2, -0.15) is 10.4 Å². The highest BCUT2D eigenvalue weighted by Crippen LogP contribution is 2.39. The molecule has 2 saturated carbocycles. The van der Waals surface area contributed by atoms with Crippen molar-refractivity contribution in [2.75, 3.05) is 0 Å². The van der Waals surface area contributed by atoms with E-state index in [2.05, 4.69) is 6.07 Å². The zero-order chi connectivity index (χ0) is 12.5. The third-order valence-electron chi connectivity index (χ3n) is 4.40. The minimum Gasteiger partial charge on any atom is -0.249 e. The van der Waals surface area contributed by atoms with Crippen LogP contribution in [0.25, 0.3) is 0 Å². The zero-order valence-corrected chi connectivity index (χ0v) is 11.3. The third-order valence-corrected chi connectivity index (χ3v) is 4.77. The van der Waals surface area contributed by atoms with E-state index in [4.69, 9.17) is 16.7 Å². The number of aromatic nitrogens is 2. The molecule has 1 heterocycles. The van der Waals surface area contributed by atoms with E-state index in [0.717, 1.165) is 31.4 Å². The van der Waals surface area contributed by atoms with Gasteiger partial charge in [0.2, 0.25) is 0 Å². The molecule has 3 nitrogen and oxygen atoms in total. The van der Waals surface area contributed by atoms with Crippen molar-refractivity contribution in [2.45, 2.75) is 63.3 Å². The van der Waals surface area contributed by atoms with Crippen LogP contribution in [0.5, 0.6) is 0 Å². The van der Waals surface area contributed by atoms with Gasteiger partial charge < -0.3 is 0 Å². The van der Waals surface area contributed by atoms with Crippen molar-refractivity contribution >= 4 is 11.6 Å². The molecule has 0 bridgehead atoms. The lowest BCUT2D eigenvalue weighted by Gasteiger charge is -2.11. The maximum atomic E-state index is 9.33. The van der Waals surface area contributed by atoms with E-state index in [1.165, 1.54) is 25.7 Å². The zero-order valence-electron chi connectivity index (χ0n) is 10.5. The number of hydrogen-bond donors (Lipinski definition) is 0. The molecule has 1 aromatic rings. The number of rotatable bonds is 2. The Morgan fingerprint density at radius 3 is 2.33 bits per heavy atom. The fourth-order valence-electron chi connectivity index (χ4n) is 3.41. The van der Waals surface area contributed by atoms with Gasteiger partial charge in [0, 0.05) is 5.92 Å². The summed E-state index contributed by atoms with van der Waals surface area (Å²) in [6.45, 7) is 0. The first-order valence-corrected chi connectivity index (χ1v) is 7.37. The molecule has 0 unspecified atom stereocenters. The molecule has 3 rings (SSSR count). The van der Waals surface area contributed by atoms with Crippen LogP contribution in [0.1, 0.15) is 74.6 Å². The minimum absolute atomic E-state index is 0.416. The Hall–Kier alpha value is -1.01. The van der Waals surface area contributed by atoms with Gasteiger partial charge in [-0.1, -0.05) is 37.3 Å². The molecule has 2 fully saturated rings. The first-order chi connectivity index (χ1) is 8.81. The lowest BCUT2D eigenvalue weighted by Crippen LogP contribution is -2.07. The van der Waals surface area contributed by atoms with E-state index in [9.17, 15) is 5.26 Å². The van der Waals surface area contributed by atoms with Gasteiger partial charge in [-0.15, -0.1) is 0 Å². The molecule has 1 aromatic heterocycles. The number of halogens is 1. The topological polar surface area (TPSA) is 41.6 Å². The summed E-state index contributed by atoms with van der Waals surface area (Å²) < 4.78 is 1.93. The second-order valence-electron chi connectivity index (χ2n) is 5.53. The van der Waals surface area contributed by atoms with Crippen LogP contribution >= 0.6 is 11.6 Å². The van der Waals surface area contributed by atoms with Gasteiger partial charge in [-0.25, -0.2) is 4.68 Å². The molecule has 0 atom stereocenters. The molecule has 0 saturated heterocycles. The monoisotopic (exact) mass is 263 g/mol. The first-order valence-electron chi connectivity index (χ1n) is 6.99. The summed E-state index contributed by atoms with van der Waals surface area (Å²) in [5, 5.41) is 14.6. The van der Waals surface area contributed by atoms with Crippen molar-refractivity contribution in [1.82, 2.24) is 9.78 Å². The second-order valence-corrected chi connectivity index (χ2v) is 5.89. The van der Waals surface area contributed by atoms with Crippen molar-refractivity contribution in [3.63, 3.8) is 0 Å². The molecular weight excluding hydrogens is 246 g/mol. The highest BCUT2D eigenvalue weighted by Gasteiger charge is 2.29. The van der Waals surface area contributed by atoms with Gasteiger partial charge in [0.05, 0.1) is 11.7 Å². The van der Waals surface area contributed by atoms with Crippen LogP contribution in [0, 0.1) is 11.3 Å². The Bertz CT molecular complexity index is 474. The van der Waals surface area contributed by atoms with Crippen LogP contribution in [-0.4, -0.2) is 9.78 Å². The third kappa shape index (κ3) is 1.93. The van der Waals surface area contributed by atoms with Crippen molar-refractivity contribution < 1.29 is 0 Å². The van der Waals surface area contributed by atoms with E-state index in [-0.39, 0.29) is 0 Å². The summed E-state index contributed by atoms with van der Waals surface area (Å²) in [5.74, 6) is 0.458. The summed E-state index contributed by atoms with van der Waals surface area (Å²) in [6.07, 6.45) is 9.63. The lowest BCUT2D eigenvalue weighted by molar-refractivity contribution is 0.459. The Balaban J connectivity index is 1.98. The highest BCUT2D eigenvalue weighted by atomic mass is 35.5. The van der Waals surface area contributed by atoms with Gasteiger partial charge in [-0.3, -0.25) is 0 Å². The lowest BCUT2D eigenvalue weighted by atomic mass is 10.0. The molecule has 0 radical (unpaired) electrons. The normalized spacial score (nSPS) is 21.6. The molecule has 0 spiro atoms. The van der Waals surface area contributed by atoms with E-state index >= 15 is 0 Å². The molecule has 4 heteroatoms. The SMILES string of the molecule is N#Cc1c(C2CCCC2)nn(C2CCCC2)c1Cl. The number of nitriles is 1. The van der Waals surface area contributed by atoms with Crippen molar-refractivity contribution in [3.8, 4) is 6.07 Å². The van der Waals surface area contributed by atoms with Crippen LogP contribution < -0.4 is 0 Å². The van der Waals surface area contributed by atoms with Gasteiger partial charge >= 0.3 is 0 Å². The second kappa shape index (κ2) is 4.93. The largest absolute Gasteiger partial charge is 0.249 e. The van der Waals surface area contributed by atoms with E-state index < -0.39 is 0 Å². The van der Waals surface area contributed by atoms with Crippen LogP contribution in [-0.2, 0) is 0 Å². The average molecular weight is 264 g/mol. The number of nitrogens with zero attached hydrogens (tertiary/aromatic N) is 3. The molecule has 0 aliphatic heterocycles. The Morgan fingerprint density at radius 1 is 1.11 bits per heavy atom. The highest BCUT2D eigenvalue weighted by molar-refractivity contribution is 6.30. The van der Waals surface area contributed by atoms with Gasteiger partial charge in [-0.05, 0) is 25.7 Å². The maximum Gasteiger partial charge on any atom is 0.145 e. The van der Waals surface area contributed by atoms with Crippen LogP contribution in [0.4, 0.5) is 0 Å². The van der Waals surface area contributed by atoms with Gasteiger partial charge in [0.1, 0.15) is 16.8 Å². The van der Waals surface area contributed by atoms with Gasteiger partial charge in [0.15, 0.2) is 0 Å². The fourth-order valence-corrected chi connectivity index (χ4v) is 3.72. The van der Waals surface area contributed by atoms with Crippen LogP contribution in [0.2, 0.25) is 5.15 Å². The van der Waals surface area contributed by atoms with Gasteiger partial charge in [0.25, 0.3) is 0 Å². The molecule has 0 aromatic carbocycles. The molecule has 2 aliphatic carbocycles. The molecule has 0 amide bonds. The molecule has 96 valence electrons. The van der Waals surface area contributed by atoms with Crippen molar-refractivity contribution in [2.24, 2.45) is 0 Å². The average Bonchev–Trinajstić information content (AvgIpc) is 3.09. The summed E-state index contributed by atoms with van der Waals surface area (Å²) in [4.78, 5) is 0. The number of hydrogen-bond acceptors (Lipinski definition) is 2. The maximum absolute atomic E-state index is 9.33. The van der Waals surface area contributed by atoms with Crippen LogP contribution in [0.15, 0.2) is 0 Å². The predicted octanol–water partition coefficient (Wildman–Crippen LogP) is 4.18. The van der Waals surface area contributed by atoms with E-state index in [0.29, 0.717) is 22.7 Å². The molecule has 0 N–H and O–H groups in total. The van der Waals surface area contributed by atoms with Crippen molar-refractivity contribution in [1.29, 1.82) is 5.26 Å². The standard InChI is InChI=1S/C14H18ClN3/c15-14-12(9-16)13(10-5-1-2-6-10)17-18(14)11-7-3-4-8-11/h10-11H,1-8H2. The fraction of sp³-hybridized carbons (Fsp3) is 0.714. The Morgan fingerprint density at radius 2 is 1.72 bits per heavy atom. The smallest absolute Gasteiger partial charge is 0.145 e. The Labute approximate surface area is 113 Å². The van der Waals surface area contributed by atoms with Crippen LogP contribution in [0.3, 0.4) is 0 Å². The molecular formula is C14H18ClN3. The first kappa shape index (κ1) is 12.0. The summed E-state index contributed by atoms with van der Waals surface area (Å²) in [6, 6.07) is 2.69. The molecule has 18 heavy (non-hydrogen) atoms. The summed E-state index contributed by atoms with van der Waals surface area (Å²) in [5.41, 5.74) is 1.60. The van der Waals surface area contributed by atoms with Crippen molar-refractivity contribution in [3.05, 3.63) is 16.4 Å². The predicted molar refractivity (Wildman–Crippen MR) is 70.7 cm³/mol. The quantitative estimate of drug-likeness (QED) is 0.803. The molecule has 2 aliphatic rings. The minimum atomic E-state index is 0.416. The van der Waals surface area contributed by atoms with E-state index in [1.54, 1.807) is 0 Å².